The van der Waals surface area contributed by atoms with E-state index in [0.29, 0.717) is 5.92 Å². The summed E-state index contributed by atoms with van der Waals surface area (Å²) in [5.41, 5.74) is 4.83. The summed E-state index contributed by atoms with van der Waals surface area (Å²) in [5.74, 6) is 0.644. The molecule has 0 heterocycles. The van der Waals surface area contributed by atoms with Gasteiger partial charge in [-0.05, 0) is 26.2 Å². The molecule has 0 unspecified atom stereocenters. The predicted molar refractivity (Wildman–Crippen MR) is 61.5 cm³/mol. The Balaban J connectivity index is 2.36. The molecule has 90 valence electrons. The molecule has 0 aromatic heterocycles. The summed E-state index contributed by atoms with van der Waals surface area (Å²) in [6.07, 6.45) is 6.38. The number of aliphatic hydroxyl groups is 2. The minimum Gasteiger partial charge on any atom is -0.389 e. The molecule has 0 saturated heterocycles. The van der Waals surface area contributed by atoms with E-state index in [9.17, 15) is 10.2 Å². The van der Waals surface area contributed by atoms with Gasteiger partial charge in [-0.1, -0.05) is 32.1 Å². The number of aliphatic hydroxyl groups excluding tert-OH is 1. The molecule has 1 saturated carbocycles. The van der Waals surface area contributed by atoms with Gasteiger partial charge in [-0.15, -0.1) is 0 Å². The van der Waals surface area contributed by atoms with Gasteiger partial charge in [0.15, 0.2) is 0 Å². The fourth-order valence-corrected chi connectivity index (χ4v) is 2.46. The number of nitrogens with two attached hydrogens (primary N) is 1. The van der Waals surface area contributed by atoms with Crippen molar-refractivity contribution >= 4 is 0 Å². The third-order valence-electron chi connectivity index (χ3n) is 3.46. The van der Waals surface area contributed by atoms with Gasteiger partial charge in [0.2, 0.25) is 0 Å². The van der Waals surface area contributed by atoms with E-state index in [2.05, 4.69) is 0 Å². The highest BCUT2D eigenvalue weighted by Gasteiger charge is 2.31. The highest BCUT2D eigenvalue weighted by Crippen LogP contribution is 2.28. The van der Waals surface area contributed by atoms with Crippen molar-refractivity contribution < 1.29 is 10.2 Å². The van der Waals surface area contributed by atoms with Gasteiger partial charge < -0.3 is 15.9 Å². The Kier molecular flexibility index (Phi) is 4.56. The predicted octanol–water partition coefficient (Wildman–Crippen LogP) is 1.42. The normalized spacial score (nSPS) is 23.8. The molecule has 2 atom stereocenters. The van der Waals surface area contributed by atoms with E-state index >= 15 is 0 Å². The summed E-state index contributed by atoms with van der Waals surface area (Å²) < 4.78 is 0. The van der Waals surface area contributed by atoms with Crippen LogP contribution in [-0.4, -0.2) is 28.0 Å². The average Bonchev–Trinajstić information content (AvgIpc) is 2.16. The summed E-state index contributed by atoms with van der Waals surface area (Å²) in [6.45, 7) is 3.22. The lowest BCUT2D eigenvalue weighted by atomic mass is 9.82. The van der Waals surface area contributed by atoms with Gasteiger partial charge in [-0.25, -0.2) is 0 Å². The molecule has 0 amide bonds. The quantitative estimate of drug-likeness (QED) is 0.664. The Labute approximate surface area is 92.7 Å². The largest absolute Gasteiger partial charge is 0.389 e. The molecule has 15 heavy (non-hydrogen) atoms. The van der Waals surface area contributed by atoms with E-state index < -0.39 is 11.7 Å². The first-order valence-electron chi connectivity index (χ1n) is 6.07. The maximum absolute atomic E-state index is 9.81. The minimum atomic E-state index is -1.09. The van der Waals surface area contributed by atoms with Crippen LogP contribution in [0.15, 0.2) is 0 Å². The Bertz CT molecular complexity index is 183. The Hall–Kier alpha value is -0.120. The highest BCUT2D eigenvalue weighted by molar-refractivity contribution is 4.87. The molecule has 1 fully saturated rings. The molecule has 0 bridgehead atoms. The fourth-order valence-electron chi connectivity index (χ4n) is 2.46. The van der Waals surface area contributed by atoms with E-state index in [1.807, 2.05) is 0 Å². The van der Waals surface area contributed by atoms with Crippen LogP contribution in [-0.2, 0) is 0 Å². The van der Waals surface area contributed by atoms with Crippen LogP contribution in [0.2, 0.25) is 0 Å². The molecule has 0 aliphatic heterocycles. The first-order valence-corrected chi connectivity index (χ1v) is 6.07. The smallest absolute Gasteiger partial charge is 0.0972 e. The second kappa shape index (κ2) is 5.28. The molecule has 4 N–H and O–H groups in total. The standard InChI is InChI=1S/C12H25NO2/c1-12(2,15)11(14)10(13)8-9-6-4-3-5-7-9/h9-11,14-15H,3-8,13H2,1-2H3/t10-,11-/m0/s1. The van der Waals surface area contributed by atoms with Gasteiger partial charge in [0.1, 0.15) is 0 Å². The van der Waals surface area contributed by atoms with Crippen LogP contribution in [0.5, 0.6) is 0 Å². The summed E-state index contributed by atoms with van der Waals surface area (Å²) in [4.78, 5) is 0. The maximum Gasteiger partial charge on any atom is 0.0972 e. The van der Waals surface area contributed by atoms with Crippen LogP contribution >= 0.6 is 0 Å². The van der Waals surface area contributed by atoms with Gasteiger partial charge in [-0.3, -0.25) is 0 Å². The zero-order valence-corrected chi connectivity index (χ0v) is 9.95. The third kappa shape index (κ3) is 4.09. The van der Waals surface area contributed by atoms with Crippen LogP contribution in [0.3, 0.4) is 0 Å². The Morgan fingerprint density at radius 2 is 1.80 bits per heavy atom. The Morgan fingerprint density at radius 1 is 1.27 bits per heavy atom. The highest BCUT2D eigenvalue weighted by atomic mass is 16.3. The average molecular weight is 215 g/mol. The number of hydrogen-bond donors (Lipinski definition) is 3. The first kappa shape index (κ1) is 12.9. The second-order valence-corrected chi connectivity index (χ2v) is 5.50. The lowest BCUT2D eigenvalue weighted by molar-refractivity contribution is -0.0629. The van der Waals surface area contributed by atoms with Crippen molar-refractivity contribution in [2.24, 2.45) is 11.7 Å². The Morgan fingerprint density at radius 3 is 2.27 bits per heavy atom. The van der Waals surface area contributed by atoms with Crippen LogP contribution < -0.4 is 5.73 Å². The van der Waals surface area contributed by atoms with Crippen molar-refractivity contribution in [3.05, 3.63) is 0 Å². The monoisotopic (exact) mass is 215 g/mol. The summed E-state index contributed by atoms with van der Waals surface area (Å²) in [7, 11) is 0. The van der Waals surface area contributed by atoms with E-state index in [1.165, 1.54) is 32.1 Å². The van der Waals surface area contributed by atoms with Gasteiger partial charge in [-0.2, -0.15) is 0 Å². The molecule has 0 radical (unpaired) electrons. The van der Waals surface area contributed by atoms with E-state index in [0.717, 1.165) is 6.42 Å². The third-order valence-corrected chi connectivity index (χ3v) is 3.46. The topological polar surface area (TPSA) is 66.5 Å². The van der Waals surface area contributed by atoms with E-state index in [1.54, 1.807) is 13.8 Å². The van der Waals surface area contributed by atoms with Crippen molar-refractivity contribution in [2.45, 2.75) is 70.1 Å². The molecule has 0 aromatic rings. The molecule has 1 aliphatic rings. The van der Waals surface area contributed by atoms with Gasteiger partial charge >= 0.3 is 0 Å². The van der Waals surface area contributed by atoms with Gasteiger partial charge in [0.05, 0.1) is 11.7 Å². The molecule has 3 nitrogen and oxygen atoms in total. The molecular formula is C12H25NO2. The van der Waals surface area contributed by atoms with Crippen LogP contribution in [0.1, 0.15) is 52.4 Å². The van der Waals surface area contributed by atoms with E-state index in [4.69, 9.17) is 5.73 Å². The molecule has 0 aromatic carbocycles. The van der Waals surface area contributed by atoms with Crippen molar-refractivity contribution in [1.82, 2.24) is 0 Å². The molecule has 1 aliphatic carbocycles. The maximum atomic E-state index is 9.81. The minimum absolute atomic E-state index is 0.298. The lowest BCUT2D eigenvalue weighted by Gasteiger charge is -2.32. The molecule has 0 spiro atoms. The first-order chi connectivity index (χ1) is 6.91. The van der Waals surface area contributed by atoms with Crippen LogP contribution in [0.4, 0.5) is 0 Å². The number of hydrogen-bond acceptors (Lipinski definition) is 3. The zero-order chi connectivity index (χ0) is 11.5. The van der Waals surface area contributed by atoms with Crippen molar-refractivity contribution in [3.63, 3.8) is 0 Å². The van der Waals surface area contributed by atoms with Crippen molar-refractivity contribution in [1.29, 1.82) is 0 Å². The van der Waals surface area contributed by atoms with Crippen molar-refractivity contribution in [3.8, 4) is 0 Å². The molecule has 1 rings (SSSR count). The van der Waals surface area contributed by atoms with E-state index in [-0.39, 0.29) is 6.04 Å². The van der Waals surface area contributed by atoms with Crippen LogP contribution in [0.25, 0.3) is 0 Å². The summed E-state index contributed by atoms with van der Waals surface area (Å²) in [5, 5.41) is 19.5. The fraction of sp³-hybridized carbons (Fsp3) is 1.00. The lowest BCUT2D eigenvalue weighted by Crippen LogP contribution is -2.49. The summed E-state index contributed by atoms with van der Waals surface area (Å²) in [6, 6.07) is -0.298. The SMILES string of the molecule is CC(C)(O)[C@@H](O)[C@@H](N)CC1CCCCC1. The zero-order valence-electron chi connectivity index (χ0n) is 9.95. The van der Waals surface area contributed by atoms with Gasteiger partial charge in [0.25, 0.3) is 0 Å². The molecule has 3 heteroatoms. The second-order valence-electron chi connectivity index (χ2n) is 5.50. The number of rotatable bonds is 4. The van der Waals surface area contributed by atoms with Crippen LogP contribution in [0, 0.1) is 5.92 Å². The van der Waals surface area contributed by atoms with Crippen molar-refractivity contribution in [2.75, 3.05) is 0 Å². The van der Waals surface area contributed by atoms with Gasteiger partial charge in [0, 0.05) is 6.04 Å². The molecular weight excluding hydrogens is 190 g/mol. The summed E-state index contributed by atoms with van der Waals surface area (Å²) >= 11 is 0.